The molecule has 0 aromatic carbocycles. The van der Waals surface area contributed by atoms with Crippen LogP contribution >= 0.6 is 11.6 Å². The maximum absolute atomic E-state index is 12.8. The van der Waals surface area contributed by atoms with Gasteiger partial charge in [0.15, 0.2) is 0 Å². The van der Waals surface area contributed by atoms with Gasteiger partial charge < -0.3 is 9.32 Å². The number of nitrogens with zero attached hydrogens (tertiary/aromatic N) is 4. The fraction of sp³-hybridized carbons (Fsp3) is 0.529. The van der Waals surface area contributed by atoms with Crippen molar-refractivity contribution in [1.82, 2.24) is 20.1 Å². The van der Waals surface area contributed by atoms with Crippen LogP contribution in [-0.2, 0) is 16.6 Å². The maximum atomic E-state index is 12.8. The van der Waals surface area contributed by atoms with Crippen LogP contribution in [0.15, 0.2) is 22.9 Å². The van der Waals surface area contributed by atoms with Gasteiger partial charge in [-0.1, -0.05) is 18.0 Å². The third-order valence-corrected chi connectivity index (χ3v) is 5.71. The van der Waals surface area contributed by atoms with E-state index < -0.39 is 0 Å². The lowest BCUT2D eigenvalue weighted by molar-refractivity contribution is -0.129. The van der Waals surface area contributed by atoms with Crippen LogP contribution in [0.4, 0.5) is 0 Å². The second kappa shape index (κ2) is 5.84. The molecule has 4 rings (SSSR count). The van der Waals surface area contributed by atoms with Crippen molar-refractivity contribution in [1.29, 1.82) is 0 Å². The number of amides is 1. The van der Waals surface area contributed by atoms with Crippen molar-refractivity contribution in [3.63, 3.8) is 0 Å². The second-order valence-electron chi connectivity index (χ2n) is 6.79. The van der Waals surface area contributed by atoms with E-state index in [0.29, 0.717) is 35.7 Å². The number of carbonyl (C=O) groups excluding carboxylic acids is 1. The predicted molar refractivity (Wildman–Crippen MR) is 87.6 cm³/mol. The number of fused-ring (bicyclic) bond motifs is 1. The van der Waals surface area contributed by atoms with E-state index in [1.807, 2.05) is 4.90 Å². The van der Waals surface area contributed by atoms with Gasteiger partial charge in [0.2, 0.25) is 17.7 Å². The van der Waals surface area contributed by atoms with Gasteiger partial charge in [0.1, 0.15) is 0 Å². The van der Waals surface area contributed by atoms with E-state index in [-0.39, 0.29) is 11.3 Å². The van der Waals surface area contributed by atoms with Gasteiger partial charge in [-0.2, -0.15) is 0 Å². The molecular formula is C17H19ClN4O2. The Morgan fingerprint density at radius 2 is 2.38 bits per heavy atom. The van der Waals surface area contributed by atoms with Crippen molar-refractivity contribution in [2.24, 2.45) is 5.92 Å². The SMILES string of the molecule is Cc1nnc([C@]23CCC[C@H]2CN(C(=O)Cc2ccncc2Cl)C3)o1. The molecule has 0 unspecified atom stereocenters. The maximum Gasteiger partial charge on any atom is 0.227 e. The Morgan fingerprint density at radius 1 is 1.50 bits per heavy atom. The van der Waals surface area contributed by atoms with E-state index in [4.69, 9.17) is 16.0 Å². The first-order chi connectivity index (χ1) is 11.6. The lowest BCUT2D eigenvalue weighted by Gasteiger charge is -2.24. The number of halogens is 1. The Labute approximate surface area is 145 Å². The minimum absolute atomic E-state index is 0.0908. The van der Waals surface area contributed by atoms with E-state index in [1.54, 1.807) is 25.4 Å². The summed E-state index contributed by atoms with van der Waals surface area (Å²) in [5.41, 5.74) is 0.648. The molecule has 1 amide bonds. The van der Waals surface area contributed by atoms with Crippen LogP contribution in [0.3, 0.4) is 0 Å². The second-order valence-corrected chi connectivity index (χ2v) is 7.20. The van der Waals surface area contributed by atoms with Gasteiger partial charge in [0.05, 0.1) is 16.9 Å². The number of rotatable bonds is 3. The topological polar surface area (TPSA) is 72.1 Å². The third kappa shape index (κ3) is 2.49. The number of hydrogen-bond acceptors (Lipinski definition) is 5. The van der Waals surface area contributed by atoms with Gasteiger partial charge in [-0.15, -0.1) is 10.2 Å². The van der Waals surface area contributed by atoms with Crippen LogP contribution < -0.4 is 0 Å². The summed E-state index contributed by atoms with van der Waals surface area (Å²) in [6.07, 6.45) is 6.78. The summed E-state index contributed by atoms with van der Waals surface area (Å²) >= 11 is 6.13. The van der Waals surface area contributed by atoms with Crippen molar-refractivity contribution < 1.29 is 9.21 Å². The van der Waals surface area contributed by atoms with Crippen molar-refractivity contribution in [3.8, 4) is 0 Å². The Morgan fingerprint density at radius 3 is 3.12 bits per heavy atom. The summed E-state index contributed by atoms with van der Waals surface area (Å²) in [5.74, 6) is 1.76. The zero-order valence-electron chi connectivity index (χ0n) is 13.5. The lowest BCUT2D eigenvalue weighted by atomic mass is 9.80. The monoisotopic (exact) mass is 346 g/mol. The van der Waals surface area contributed by atoms with Crippen LogP contribution in [0.5, 0.6) is 0 Å². The van der Waals surface area contributed by atoms with Gasteiger partial charge in [-0.05, 0) is 30.4 Å². The van der Waals surface area contributed by atoms with Crippen molar-refractivity contribution >= 4 is 17.5 Å². The first kappa shape index (κ1) is 15.6. The largest absolute Gasteiger partial charge is 0.425 e. The fourth-order valence-corrected chi connectivity index (χ4v) is 4.33. The summed E-state index contributed by atoms with van der Waals surface area (Å²) in [5, 5.41) is 8.79. The minimum Gasteiger partial charge on any atom is -0.425 e. The number of carbonyl (C=O) groups is 1. The minimum atomic E-state index is -0.168. The molecule has 2 fully saturated rings. The molecular weight excluding hydrogens is 328 g/mol. The summed E-state index contributed by atoms with van der Waals surface area (Å²) < 4.78 is 5.75. The zero-order valence-corrected chi connectivity index (χ0v) is 14.3. The molecule has 2 aliphatic rings. The highest BCUT2D eigenvalue weighted by Gasteiger charge is 2.54. The van der Waals surface area contributed by atoms with Crippen LogP contribution in [0, 0.1) is 12.8 Å². The molecule has 24 heavy (non-hydrogen) atoms. The molecule has 1 saturated carbocycles. The van der Waals surface area contributed by atoms with Crippen molar-refractivity contribution in [3.05, 3.63) is 40.8 Å². The Kier molecular flexibility index (Phi) is 3.79. The summed E-state index contributed by atoms with van der Waals surface area (Å²) in [6, 6.07) is 1.80. The molecule has 0 N–H and O–H groups in total. The van der Waals surface area contributed by atoms with E-state index in [2.05, 4.69) is 15.2 Å². The molecule has 0 bridgehead atoms. The number of aryl methyl sites for hydroxylation is 1. The molecule has 1 aliphatic heterocycles. The standard InChI is InChI=1S/C17H19ClN4O2/c1-11-20-21-16(24-11)17-5-2-3-13(17)9-22(10-17)15(23)7-12-4-6-19-8-14(12)18/h4,6,8,13H,2-3,5,7,9-10H2,1H3/t13-,17-/m0/s1. The average molecular weight is 347 g/mol. The van der Waals surface area contributed by atoms with E-state index in [1.165, 1.54) is 0 Å². The molecule has 2 aromatic rings. The highest BCUT2D eigenvalue weighted by Crippen LogP contribution is 2.50. The smallest absolute Gasteiger partial charge is 0.227 e. The van der Waals surface area contributed by atoms with Gasteiger partial charge >= 0.3 is 0 Å². The van der Waals surface area contributed by atoms with Gasteiger partial charge in [-0.25, -0.2) is 0 Å². The average Bonchev–Trinajstić information content (AvgIpc) is 3.23. The van der Waals surface area contributed by atoms with Gasteiger partial charge in [-0.3, -0.25) is 9.78 Å². The molecule has 3 heterocycles. The number of hydrogen-bond donors (Lipinski definition) is 0. The normalized spacial score (nSPS) is 25.9. The van der Waals surface area contributed by atoms with E-state index in [0.717, 1.165) is 31.4 Å². The molecule has 1 saturated heterocycles. The predicted octanol–water partition coefficient (Wildman–Crippen LogP) is 2.55. The highest BCUT2D eigenvalue weighted by molar-refractivity contribution is 6.31. The van der Waals surface area contributed by atoms with Crippen LogP contribution in [0.25, 0.3) is 0 Å². The van der Waals surface area contributed by atoms with Crippen LogP contribution in [0.2, 0.25) is 5.02 Å². The summed E-state index contributed by atoms with van der Waals surface area (Å²) in [4.78, 5) is 18.7. The molecule has 126 valence electrons. The molecule has 2 atom stereocenters. The number of aromatic nitrogens is 3. The van der Waals surface area contributed by atoms with Crippen LogP contribution in [0.1, 0.15) is 36.6 Å². The van der Waals surface area contributed by atoms with Crippen molar-refractivity contribution in [2.45, 2.75) is 38.0 Å². The number of pyridine rings is 1. The highest BCUT2D eigenvalue weighted by atomic mass is 35.5. The molecule has 2 aromatic heterocycles. The molecule has 7 heteroatoms. The summed E-state index contributed by atoms with van der Waals surface area (Å²) in [6.45, 7) is 3.21. The van der Waals surface area contributed by atoms with E-state index in [9.17, 15) is 4.79 Å². The number of likely N-dealkylation sites (tertiary alicyclic amines) is 1. The quantitative estimate of drug-likeness (QED) is 0.854. The fourth-order valence-electron chi connectivity index (χ4n) is 4.15. The molecule has 0 radical (unpaired) electrons. The van der Waals surface area contributed by atoms with E-state index >= 15 is 0 Å². The summed E-state index contributed by atoms with van der Waals surface area (Å²) in [7, 11) is 0. The lowest BCUT2D eigenvalue weighted by Crippen LogP contribution is -2.35. The molecule has 0 spiro atoms. The van der Waals surface area contributed by atoms with Crippen molar-refractivity contribution in [2.75, 3.05) is 13.1 Å². The van der Waals surface area contributed by atoms with Gasteiger partial charge in [0, 0.05) is 32.4 Å². The first-order valence-electron chi connectivity index (χ1n) is 8.25. The van der Waals surface area contributed by atoms with Crippen LogP contribution in [-0.4, -0.2) is 39.1 Å². The van der Waals surface area contributed by atoms with Gasteiger partial charge in [0.25, 0.3) is 0 Å². The Hall–Kier alpha value is -1.95. The molecule has 6 nitrogen and oxygen atoms in total. The zero-order chi connectivity index (χ0) is 16.7. The third-order valence-electron chi connectivity index (χ3n) is 5.37. The Bertz CT molecular complexity index is 777. The first-order valence-corrected chi connectivity index (χ1v) is 8.63. The molecule has 1 aliphatic carbocycles. The Balaban J connectivity index is 1.55.